The van der Waals surface area contributed by atoms with Crippen LogP contribution in [0.5, 0.6) is 0 Å². The highest BCUT2D eigenvalue weighted by molar-refractivity contribution is 7.17. The van der Waals surface area contributed by atoms with Crippen LogP contribution in [0.4, 0.5) is 18.9 Å². The number of alkyl halides is 3. The molecule has 0 aliphatic heterocycles. The summed E-state index contributed by atoms with van der Waals surface area (Å²) in [5.41, 5.74) is 0.197. The van der Waals surface area contributed by atoms with Crippen molar-refractivity contribution in [3.05, 3.63) is 29.6 Å². The lowest BCUT2D eigenvalue weighted by Gasteiger charge is -2.06. The molecule has 0 radical (unpaired) electrons. The molecule has 2 aromatic rings. The fourth-order valence-electron chi connectivity index (χ4n) is 1.27. The second kappa shape index (κ2) is 3.79. The van der Waals surface area contributed by atoms with E-state index in [2.05, 4.69) is 0 Å². The van der Waals surface area contributed by atoms with Gasteiger partial charge in [-0.25, -0.2) is 0 Å². The van der Waals surface area contributed by atoms with Crippen molar-refractivity contribution in [1.82, 2.24) is 0 Å². The molecule has 0 bridgehead atoms. The topological polar surface area (TPSA) is 29.1 Å². The minimum Gasteiger partial charge on any atom is -0.317 e. The van der Waals surface area contributed by atoms with E-state index in [4.69, 9.17) is 0 Å². The van der Waals surface area contributed by atoms with Crippen LogP contribution in [0.3, 0.4) is 0 Å². The molecule has 0 saturated heterocycles. The highest BCUT2D eigenvalue weighted by atomic mass is 32.1. The zero-order valence-electron chi connectivity index (χ0n) is 7.84. The van der Waals surface area contributed by atoms with Gasteiger partial charge in [0.15, 0.2) is 0 Å². The second-order valence-corrected chi connectivity index (χ2v) is 4.01. The lowest BCUT2D eigenvalue weighted by molar-refractivity contribution is -0.167. The van der Waals surface area contributed by atoms with Crippen molar-refractivity contribution in [3.63, 3.8) is 0 Å². The van der Waals surface area contributed by atoms with Gasteiger partial charge in [0, 0.05) is 15.5 Å². The fraction of sp³-hybridized carbons (Fsp3) is 0.100. The van der Waals surface area contributed by atoms with Crippen molar-refractivity contribution in [2.24, 2.45) is 0 Å². The number of hydrogen-bond acceptors (Lipinski definition) is 2. The monoisotopic (exact) mass is 245 g/mol. The number of halogens is 3. The number of carbonyl (C=O) groups is 1. The highest BCUT2D eigenvalue weighted by Gasteiger charge is 2.38. The van der Waals surface area contributed by atoms with Crippen LogP contribution in [0.2, 0.25) is 0 Å². The molecule has 0 spiro atoms. The van der Waals surface area contributed by atoms with E-state index in [1.54, 1.807) is 24.3 Å². The molecule has 1 aromatic carbocycles. The van der Waals surface area contributed by atoms with Crippen LogP contribution in [-0.2, 0) is 4.79 Å². The van der Waals surface area contributed by atoms with Crippen molar-refractivity contribution < 1.29 is 18.0 Å². The van der Waals surface area contributed by atoms with Crippen molar-refractivity contribution >= 4 is 33.0 Å². The Kier molecular flexibility index (Phi) is 2.59. The zero-order valence-corrected chi connectivity index (χ0v) is 8.65. The summed E-state index contributed by atoms with van der Waals surface area (Å²) in [5.74, 6) is -1.95. The van der Waals surface area contributed by atoms with Crippen LogP contribution in [0.1, 0.15) is 0 Å². The van der Waals surface area contributed by atoms with Gasteiger partial charge in [0.25, 0.3) is 0 Å². The van der Waals surface area contributed by atoms with E-state index in [9.17, 15) is 18.0 Å². The largest absolute Gasteiger partial charge is 0.471 e. The van der Waals surface area contributed by atoms with Gasteiger partial charge in [0.05, 0.1) is 5.69 Å². The molecule has 84 valence electrons. The van der Waals surface area contributed by atoms with E-state index in [1.807, 2.05) is 5.32 Å². The summed E-state index contributed by atoms with van der Waals surface area (Å²) in [7, 11) is 0. The Labute approximate surface area is 92.7 Å². The Bertz CT molecular complexity index is 532. The Balaban J connectivity index is 2.32. The lowest BCUT2D eigenvalue weighted by Crippen LogP contribution is -2.29. The first-order valence-electron chi connectivity index (χ1n) is 4.33. The number of amides is 1. The third-order valence-corrected chi connectivity index (χ3v) is 2.95. The Morgan fingerprint density at radius 1 is 1.25 bits per heavy atom. The van der Waals surface area contributed by atoms with Crippen LogP contribution in [0.25, 0.3) is 10.1 Å². The van der Waals surface area contributed by atoms with Gasteiger partial charge in [-0.1, -0.05) is 18.2 Å². The molecule has 0 unspecified atom stereocenters. The SMILES string of the molecule is O=C(Nc1csc2ccccc12)C(F)(F)F. The number of nitrogens with one attached hydrogen (secondary N) is 1. The minimum absolute atomic E-state index is 0.197. The quantitative estimate of drug-likeness (QED) is 0.819. The first-order chi connectivity index (χ1) is 7.48. The zero-order chi connectivity index (χ0) is 11.8. The summed E-state index contributed by atoms with van der Waals surface area (Å²) in [6.45, 7) is 0. The molecule has 1 heterocycles. The average Bonchev–Trinajstić information content (AvgIpc) is 2.61. The summed E-state index contributed by atoms with van der Waals surface area (Å²) in [4.78, 5) is 10.7. The summed E-state index contributed by atoms with van der Waals surface area (Å²) in [6.07, 6.45) is -4.86. The first-order valence-corrected chi connectivity index (χ1v) is 5.21. The maximum Gasteiger partial charge on any atom is 0.471 e. The maximum absolute atomic E-state index is 12.0. The third-order valence-electron chi connectivity index (χ3n) is 1.99. The molecule has 0 saturated carbocycles. The fourth-order valence-corrected chi connectivity index (χ4v) is 2.16. The van der Waals surface area contributed by atoms with Gasteiger partial charge in [-0.05, 0) is 6.07 Å². The van der Waals surface area contributed by atoms with E-state index >= 15 is 0 Å². The van der Waals surface area contributed by atoms with Gasteiger partial charge in [-0.15, -0.1) is 11.3 Å². The summed E-state index contributed by atoms with van der Waals surface area (Å²) >= 11 is 1.28. The molecule has 0 atom stereocenters. The molecule has 1 amide bonds. The molecule has 1 N–H and O–H groups in total. The predicted molar refractivity (Wildman–Crippen MR) is 56.5 cm³/mol. The maximum atomic E-state index is 12.0. The summed E-state index contributed by atoms with van der Waals surface area (Å²) in [5, 5.41) is 3.96. The van der Waals surface area contributed by atoms with E-state index in [0.717, 1.165) is 4.70 Å². The standard InChI is InChI=1S/C10H6F3NOS/c11-10(12,13)9(15)14-7-5-16-8-4-2-1-3-6(7)8/h1-5H,(H,14,15). The highest BCUT2D eigenvalue weighted by Crippen LogP contribution is 2.30. The van der Waals surface area contributed by atoms with Gasteiger partial charge >= 0.3 is 12.1 Å². The molecular formula is C10H6F3NOS. The van der Waals surface area contributed by atoms with E-state index in [0.29, 0.717) is 5.39 Å². The van der Waals surface area contributed by atoms with Gasteiger partial charge in [0.2, 0.25) is 0 Å². The van der Waals surface area contributed by atoms with Crippen LogP contribution in [-0.4, -0.2) is 12.1 Å². The third kappa shape index (κ3) is 2.01. The average molecular weight is 245 g/mol. The summed E-state index contributed by atoms with van der Waals surface area (Å²) in [6, 6.07) is 6.94. The van der Waals surface area contributed by atoms with Gasteiger partial charge < -0.3 is 5.32 Å². The van der Waals surface area contributed by atoms with Gasteiger partial charge in [-0.2, -0.15) is 13.2 Å². The molecule has 2 rings (SSSR count). The molecule has 0 aliphatic carbocycles. The number of fused-ring (bicyclic) bond motifs is 1. The molecular weight excluding hydrogens is 239 g/mol. The molecule has 0 aliphatic rings. The predicted octanol–water partition coefficient (Wildman–Crippen LogP) is 3.40. The molecule has 6 heteroatoms. The number of thiophene rings is 1. The normalized spacial score (nSPS) is 11.7. The minimum atomic E-state index is -4.86. The van der Waals surface area contributed by atoms with Crippen LogP contribution < -0.4 is 5.32 Å². The van der Waals surface area contributed by atoms with E-state index in [-0.39, 0.29) is 5.69 Å². The second-order valence-electron chi connectivity index (χ2n) is 3.10. The molecule has 16 heavy (non-hydrogen) atoms. The Morgan fingerprint density at radius 3 is 2.62 bits per heavy atom. The van der Waals surface area contributed by atoms with E-state index in [1.165, 1.54) is 16.7 Å². The number of hydrogen-bond donors (Lipinski definition) is 1. The number of anilines is 1. The number of carbonyl (C=O) groups excluding carboxylic acids is 1. The lowest BCUT2D eigenvalue weighted by atomic mass is 10.2. The van der Waals surface area contributed by atoms with Crippen molar-refractivity contribution in [3.8, 4) is 0 Å². The smallest absolute Gasteiger partial charge is 0.317 e. The Hall–Kier alpha value is -1.56. The molecule has 2 nitrogen and oxygen atoms in total. The van der Waals surface area contributed by atoms with Crippen LogP contribution in [0.15, 0.2) is 29.6 Å². The van der Waals surface area contributed by atoms with Crippen molar-refractivity contribution in [1.29, 1.82) is 0 Å². The van der Waals surface area contributed by atoms with Crippen LogP contribution >= 0.6 is 11.3 Å². The number of rotatable bonds is 1. The van der Waals surface area contributed by atoms with E-state index < -0.39 is 12.1 Å². The van der Waals surface area contributed by atoms with Crippen molar-refractivity contribution in [2.45, 2.75) is 6.18 Å². The molecule has 1 aromatic heterocycles. The number of benzene rings is 1. The summed E-state index contributed by atoms with van der Waals surface area (Å²) < 4.78 is 36.9. The van der Waals surface area contributed by atoms with Crippen molar-refractivity contribution in [2.75, 3.05) is 5.32 Å². The van der Waals surface area contributed by atoms with Gasteiger partial charge in [-0.3, -0.25) is 4.79 Å². The molecule has 0 fully saturated rings. The van der Waals surface area contributed by atoms with Crippen LogP contribution in [0, 0.1) is 0 Å². The van der Waals surface area contributed by atoms with Gasteiger partial charge in [0.1, 0.15) is 0 Å². The first kappa shape index (κ1) is 10.9. The Morgan fingerprint density at radius 2 is 1.94 bits per heavy atom.